The molecule has 0 bridgehead atoms. The molecule has 1 aromatic heterocycles. The maximum atomic E-state index is 5.26. The summed E-state index contributed by atoms with van der Waals surface area (Å²) in [5, 5.41) is 3.34. The molecule has 3 heteroatoms. The number of hydrogen-bond acceptors (Lipinski definition) is 3. The maximum absolute atomic E-state index is 5.26. The molecule has 1 N–H and O–H groups in total. The van der Waals surface area contributed by atoms with Crippen molar-refractivity contribution < 1.29 is 9.15 Å². The Labute approximate surface area is 79.1 Å². The lowest BCUT2D eigenvalue weighted by Crippen LogP contribution is -2.34. The highest BCUT2D eigenvalue weighted by Gasteiger charge is 2.08. The van der Waals surface area contributed by atoms with Gasteiger partial charge in [-0.3, -0.25) is 0 Å². The summed E-state index contributed by atoms with van der Waals surface area (Å²) in [6, 6.07) is 4.24. The molecule has 3 nitrogen and oxygen atoms in total. The van der Waals surface area contributed by atoms with Crippen LogP contribution < -0.4 is 5.32 Å². The molecule has 0 saturated carbocycles. The van der Waals surface area contributed by atoms with E-state index in [1.807, 2.05) is 12.1 Å². The molecule has 1 aromatic rings. The van der Waals surface area contributed by atoms with Crippen LogP contribution in [0.4, 0.5) is 0 Å². The molecule has 0 amide bonds. The van der Waals surface area contributed by atoms with Crippen LogP contribution in [0.1, 0.15) is 12.7 Å². The van der Waals surface area contributed by atoms with E-state index >= 15 is 0 Å². The average molecular weight is 183 g/mol. The zero-order valence-corrected chi connectivity index (χ0v) is 8.25. The van der Waals surface area contributed by atoms with E-state index in [0.717, 1.165) is 18.7 Å². The van der Waals surface area contributed by atoms with Gasteiger partial charge in [-0.05, 0) is 18.7 Å². The van der Waals surface area contributed by atoms with Gasteiger partial charge in [0.05, 0.1) is 12.9 Å². The smallest absolute Gasteiger partial charge is 0.105 e. The number of furan rings is 1. The van der Waals surface area contributed by atoms with Crippen molar-refractivity contribution in [2.45, 2.75) is 19.4 Å². The zero-order valence-electron chi connectivity index (χ0n) is 8.25. The quantitative estimate of drug-likeness (QED) is 0.724. The molecule has 0 fully saturated rings. The lowest BCUT2D eigenvalue weighted by molar-refractivity contribution is 0.164. The van der Waals surface area contributed by atoms with E-state index in [-0.39, 0.29) is 0 Å². The molecule has 0 aliphatic heterocycles. The average Bonchev–Trinajstić information content (AvgIpc) is 2.58. The molecule has 0 saturated heterocycles. The Hall–Kier alpha value is -0.800. The highest BCUT2D eigenvalue weighted by atomic mass is 16.5. The van der Waals surface area contributed by atoms with Crippen LogP contribution in [0.25, 0.3) is 0 Å². The molecule has 0 spiro atoms. The largest absolute Gasteiger partial charge is 0.469 e. The summed E-state index contributed by atoms with van der Waals surface area (Å²) in [7, 11) is 1.71. The molecule has 74 valence electrons. The molecule has 1 rings (SSSR count). The number of rotatable bonds is 6. The van der Waals surface area contributed by atoms with E-state index < -0.39 is 0 Å². The molecule has 1 atom stereocenters. The first-order valence-corrected chi connectivity index (χ1v) is 4.61. The van der Waals surface area contributed by atoms with Crippen LogP contribution in [0.5, 0.6) is 0 Å². The molecular formula is C10H17NO2. The fraction of sp³-hybridized carbons (Fsp3) is 0.600. The predicted octanol–water partition coefficient (Wildman–Crippen LogP) is 1.45. The van der Waals surface area contributed by atoms with Crippen molar-refractivity contribution in [3.05, 3.63) is 24.2 Å². The molecule has 1 unspecified atom stereocenters. The number of ether oxygens (including phenoxy) is 1. The Morgan fingerprint density at radius 2 is 2.46 bits per heavy atom. The van der Waals surface area contributed by atoms with Gasteiger partial charge in [0, 0.05) is 19.6 Å². The van der Waals surface area contributed by atoms with Crippen molar-refractivity contribution in [2.24, 2.45) is 0 Å². The van der Waals surface area contributed by atoms with Crippen molar-refractivity contribution in [3.63, 3.8) is 0 Å². The zero-order chi connectivity index (χ0) is 9.52. The minimum atomic E-state index is 0.348. The van der Waals surface area contributed by atoms with Gasteiger partial charge in [0.1, 0.15) is 5.76 Å². The van der Waals surface area contributed by atoms with E-state index in [1.165, 1.54) is 0 Å². The fourth-order valence-electron chi connectivity index (χ4n) is 1.35. The van der Waals surface area contributed by atoms with E-state index in [1.54, 1.807) is 13.4 Å². The van der Waals surface area contributed by atoms with Crippen LogP contribution >= 0.6 is 0 Å². The Bertz CT molecular complexity index is 203. The van der Waals surface area contributed by atoms with Crippen molar-refractivity contribution >= 4 is 0 Å². The van der Waals surface area contributed by atoms with Gasteiger partial charge in [0.15, 0.2) is 0 Å². The van der Waals surface area contributed by atoms with Gasteiger partial charge in [-0.15, -0.1) is 0 Å². The monoisotopic (exact) mass is 183 g/mol. The van der Waals surface area contributed by atoms with Gasteiger partial charge < -0.3 is 14.5 Å². The van der Waals surface area contributed by atoms with Crippen LogP contribution in [0.3, 0.4) is 0 Å². The van der Waals surface area contributed by atoms with Crippen LogP contribution in [0, 0.1) is 0 Å². The molecule has 13 heavy (non-hydrogen) atoms. The minimum Gasteiger partial charge on any atom is -0.469 e. The second kappa shape index (κ2) is 5.78. The second-order valence-electron chi connectivity index (χ2n) is 2.99. The number of methoxy groups -OCH3 is 1. The van der Waals surface area contributed by atoms with E-state index in [2.05, 4.69) is 12.2 Å². The Kier molecular flexibility index (Phi) is 4.57. The van der Waals surface area contributed by atoms with E-state index in [4.69, 9.17) is 9.15 Å². The number of likely N-dealkylation sites (N-methyl/N-ethyl adjacent to an activating group) is 1. The van der Waals surface area contributed by atoms with Gasteiger partial charge in [-0.2, -0.15) is 0 Å². The summed E-state index contributed by atoms with van der Waals surface area (Å²) in [5.41, 5.74) is 0. The van der Waals surface area contributed by atoms with Crippen LogP contribution in [-0.2, 0) is 11.2 Å². The SMILES string of the molecule is CCNC(COC)Cc1ccco1. The Morgan fingerprint density at radius 3 is 3.00 bits per heavy atom. The van der Waals surface area contributed by atoms with Gasteiger partial charge in [0.2, 0.25) is 0 Å². The second-order valence-corrected chi connectivity index (χ2v) is 2.99. The summed E-state index contributed by atoms with van der Waals surface area (Å²) in [4.78, 5) is 0. The summed E-state index contributed by atoms with van der Waals surface area (Å²) >= 11 is 0. The highest BCUT2D eigenvalue weighted by molar-refractivity contribution is 5.00. The van der Waals surface area contributed by atoms with Crippen molar-refractivity contribution in [1.82, 2.24) is 5.32 Å². The third kappa shape index (κ3) is 3.61. The number of hydrogen-bond donors (Lipinski definition) is 1. The molecule has 0 aliphatic carbocycles. The van der Waals surface area contributed by atoms with Crippen molar-refractivity contribution in [1.29, 1.82) is 0 Å². The van der Waals surface area contributed by atoms with Gasteiger partial charge in [-0.1, -0.05) is 6.92 Å². The minimum absolute atomic E-state index is 0.348. The van der Waals surface area contributed by atoms with Crippen LogP contribution in [0.15, 0.2) is 22.8 Å². The molecule has 0 radical (unpaired) electrons. The standard InChI is InChI=1S/C10H17NO2/c1-3-11-9(8-12-2)7-10-5-4-6-13-10/h4-6,9,11H,3,7-8H2,1-2H3. The van der Waals surface area contributed by atoms with Crippen molar-refractivity contribution in [3.8, 4) is 0 Å². The third-order valence-electron chi connectivity index (χ3n) is 1.89. The van der Waals surface area contributed by atoms with Crippen LogP contribution in [0.2, 0.25) is 0 Å². The summed E-state index contributed by atoms with van der Waals surface area (Å²) < 4.78 is 10.4. The van der Waals surface area contributed by atoms with Crippen molar-refractivity contribution in [2.75, 3.05) is 20.3 Å². The molecule has 0 aliphatic rings. The lowest BCUT2D eigenvalue weighted by Gasteiger charge is -2.14. The Balaban J connectivity index is 2.37. The third-order valence-corrected chi connectivity index (χ3v) is 1.89. The summed E-state index contributed by atoms with van der Waals surface area (Å²) in [5.74, 6) is 1.00. The topological polar surface area (TPSA) is 34.4 Å². The molecule has 0 aromatic carbocycles. The molecular weight excluding hydrogens is 166 g/mol. The van der Waals surface area contributed by atoms with Gasteiger partial charge in [0.25, 0.3) is 0 Å². The highest BCUT2D eigenvalue weighted by Crippen LogP contribution is 2.04. The normalized spacial score (nSPS) is 13.1. The first kappa shape index (κ1) is 10.3. The first-order valence-electron chi connectivity index (χ1n) is 4.61. The lowest BCUT2D eigenvalue weighted by atomic mass is 10.2. The van der Waals surface area contributed by atoms with Crippen LogP contribution in [-0.4, -0.2) is 26.3 Å². The number of nitrogens with one attached hydrogen (secondary N) is 1. The van der Waals surface area contributed by atoms with E-state index in [0.29, 0.717) is 12.6 Å². The summed E-state index contributed by atoms with van der Waals surface area (Å²) in [6.45, 7) is 3.76. The predicted molar refractivity (Wildman–Crippen MR) is 51.8 cm³/mol. The fourth-order valence-corrected chi connectivity index (χ4v) is 1.35. The first-order chi connectivity index (χ1) is 6.36. The van der Waals surface area contributed by atoms with E-state index in [9.17, 15) is 0 Å². The van der Waals surface area contributed by atoms with Gasteiger partial charge >= 0.3 is 0 Å². The Morgan fingerprint density at radius 1 is 1.62 bits per heavy atom. The maximum Gasteiger partial charge on any atom is 0.105 e. The molecule has 1 heterocycles. The summed E-state index contributed by atoms with van der Waals surface area (Å²) in [6.07, 6.45) is 2.58. The van der Waals surface area contributed by atoms with Gasteiger partial charge in [-0.25, -0.2) is 0 Å².